The van der Waals surface area contributed by atoms with Crippen molar-refractivity contribution in [1.29, 1.82) is 0 Å². The normalized spacial score (nSPS) is 18.7. The highest BCUT2D eigenvalue weighted by Crippen LogP contribution is 2.33. The summed E-state index contributed by atoms with van der Waals surface area (Å²) in [7, 11) is 0. The summed E-state index contributed by atoms with van der Waals surface area (Å²) in [6, 6.07) is 10.0. The molecule has 0 spiro atoms. The highest BCUT2D eigenvalue weighted by atomic mass is 32.1. The first-order valence-corrected chi connectivity index (χ1v) is 8.70. The standard InChI is InChI=1S/C18H21NO3S/c1-13-17(15-5-3-2-4-6-15)16(12-23-13)18(21)19-7-8-22-11-14(9-19)10-20/h2-6,12,14,20H,7-11H2,1H3. The Kier molecular flexibility index (Phi) is 5.10. The van der Waals surface area contributed by atoms with Crippen molar-refractivity contribution in [3.8, 4) is 11.1 Å². The van der Waals surface area contributed by atoms with Crippen LogP contribution in [0.4, 0.5) is 0 Å². The van der Waals surface area contributed by atoms with Gasteiger partial charge in [0.15, 0.2) is 0 Å². The Hall–Kier alpha value is -1.69. The number of aryl methyl sites for hydroxylation is 1. The van der Waals surface area contributed by atoms with Gasteiger partial charge in [0.05, 0.1) is 18.8 Å². The summed E-state index contributed by atoms with van der Waals surface area (Å²) in [4.78, 5) is 16.0. The number of thiophene rings is 1. The lowest BCUT2D eigenvalue weighted by atomic mass is 10.0. The van der Waals surface area contributed by atoms with Gasteiger partial charge in [-0.1, -0.05) is 30.3 Å². The lowest BCUT2D eigenvalue weighted by molar-refractivity contribution is 0.0729. The highest BCUT2D eigenvalue weighted by molar-refractivity contribution is 7.10. The van der Waals surface area contributed by atoms with Gasteiger partial charge in [-0.25, -0.2) is 0 Å². The summed E-state index contributed by atoms with van der Waals surface area (Å²) in [5.74, 6) is 0.0125. The molecule has 1 unspecified atom stereocenters. The van der Waals surface area contributed by atoms with Gasteiger partial charge in [-0.15, -0.1) is 11.3 Å². The Morgan fingerprint density at radius 3 is 2.91 bits per heavy atom. The largest absolute Gasteiger partial charge is 0.396 e. The fourth-order valence-electron chi connectivity index (χ4n) is 2.92. The smallest absolute Gasteiger partial charge is 0.255 e. The fraction of sp³-hybridized carbons (Fsp3) is 0.389. The van der Waals surface area contributed by atoms with Crippen LogP contribution >= 0.6 is 11.3 Å². The van der Waals surface area contributed by atoms with Crippen LogP contribution in [0.5, 0.6) is 0 Å². The van der Waals surface area contributed by atoms with E-state index in [2.05, 4.69) is 0 Å². The minimum atomic E-state index is -0.0126. The van der Waals surface area contributed by atoms with Gasteiger partial charge >= 0.3 is 0 Å². The molecule has 1 saturated heterocycles. The molecule has 1 fully saturated rings. The van der Waals surface area contributed by atoms with E-state index in [1.54, 1.807) is 11.3 Å². The van der Waals surface area contributed by atoms with Crippen molar-refractivity contribution in [3.63, 3.8) is 0 Å². The molecule has 122 valence electrons. The molecular weight excluding hydrogens is 310 g/mol. The maximum atomic E-state index is 13.0. The molecule has 1 amide bonds. The predicted molar refractivity (Wildman–Crippen MR) is 91.8 cm³/mol. The lowest BCUT2D eigenvalue weighted by Crippen LogP contribution is -2.36. The molecular formula is C18H21NO3S. The summed E-state index contributed by atoms with van der Waals surface area (Å²) in [5.41, 5.74) is 2.84. The Morgan fingerprint density at radius 2 is 2.17 bits per heavy atom. The lowest BCUT2D eigenvalue weighted by Gasteiger charge is -2.23. The number of rotatable bonds is 3. The van der Waals surface area contributed by atoms with Gasteiger partial charge in [0.2, 0.25) is 0 Å². The molecule has 1 atom stereocenters. The van der Waals surface area contributed by atoms with Crippen LogP contribution < -0.4 is 0 Å². The molecule has 1 aliphatic heterocycles. The second-order valence-electron chi connectivity index (χ2n) is 5.82. The third kappa shape index (κ3) is 3.47. The van der Waals surface area contributed by atoms with E-state index >= 15 is 0 Å². The Morgan fingerprint density at radius 1 is 1.39 bits per heavy atom. The maximum absolute atomic E-state index is 13.0. The third-order valence-corrected chi connectivity index (χ3v) is 5.06. The Bertz CT molecular complexity index is 668. The van der Waals surface area contributed by atoms with Crippen molar-refractivity contribution in [3.05, 3.63) is 46.2 Å². The van der Waals surface area contributed by atoms with Crippen LogP contribution in [0.3, 0.4) is 0 Å². The number of aliphatic hydroxyl groups is 1. The first-order chi connectivity index (χ1) is 11.2. The first kappa shape index (κ1) is 16.2. The van der Waals surface area contributed by atoms with Gasteiger partial charge in [-0.2, -0.15) is 0 Å². The Balaban J connectivity index is 1.91. The van der Waals surface area contributed by atoms with Gasteiger partial charge in [0, 0.05) is 41.4 Å². The molecule has 3 rings (SSSR count). The van der Waals surface area contributed by atoms with Crippen molar-refractivity contribution < 1.29 is 14.6 Å². The summed E-state index contributed by atoms with van der Waals surface area (Å²) in [6.45, 7) is 4.22. The number of carbonyl (C=O) groups is 1. The van der Waals surface area contributed by atoms with Crippen LogP contribution in [0.2, 0.25) is 0 Å². The average molecular weight is 331 g/mol. The molecule has 1 aromatic carbocycles. The molecule has 0 bridgehead atoms. The van der Waals surface area contributed by atoms with Crippen molar-refractivity contribution in [2.75, 3.05) is 32.9 Å². The second-order valence-corrected chi connectivity index (χ2v) is 6.91. The van der Waals surface area contributed by atoms with Crippen LogP contribution in [0.1, 0.15) is 15.2 Å². The molecule has 1 aliphatic rings. The molecule has 1 aromatic heterocycles. The van der Waals surface area contributed by atoms with Gasteiger partial charge in [-0.3, -0.25) is 4.79 Å². The summed E-state index contributed by atoms with van der Waals surface area (Å²) < 4.78 is 5.48. The van der Waals surface area contributed by atoms with E-state index < -0.39 is 0 Å². The van der Waals surface area contributed by atoms with Gasteiger partial charge in [-0.05, 0) is 12.5 Å². The van der Waals surface area contributed by atoms with E-state index in [9.17, 15) is 9.90 Å². The summed E-state index contributed by atoms with van der Waals surface area (Å²) in [6.07, 6.45) is 0. The quantitative estimate of drug-likeness (QED) is 0.941. The van der Waals surface area contributed by atoms with E-state index in [0.717, 1.165) is 21.6 Å². The van der Waals surface area contributed by atoms with Crippen molar-refractivity contribution in [1.82, 2.24) is 4.90 Å². The number of carbonyl (C=O) groups excluding carboxylic acids is 1. The zero-order valence-electron chi connectivity index (χ0n) is 13.2. The third-order valence-electron chi connectivity index (χ3n) is 4.15. The molecule has 2 aromatic rings. The molecule has 2 heterocycles. The van der Waals surface area contributed by atoms with E-state index in [4.69, 9.17) is 4.74 Å². The van der Waals surface area contributed by atoms with Crippen LogP contribution in [-0.2, 0) is 4.74 Å². The van der Waals surface area contributed by atoms with Crippen LogP contribution in [0.15, 0.2) is 35.7 Å². The number of aliphatic hydroxyl groups excluding tert-OH is 1. The second kappa shape index (κ2) is 7.25. The van der Waals surface area contributed by atoms with Crippen LogP contribution in [0, 0.1) is 12.8 Å². The molecule has 23 heavy (non-hydrogen) atoms. The van der Waals surface area contributed by atoms with Gasteiger partial charge < -0.3 is 14.7 Å². The maximum Gasteiger partial charge on any atom is 0.255 e. The first-order valence-electron chi connectivity index (χ1n) is 7.82. The van der Waals surface area contributed by atoms with Crippen LogP contribution in [0.25, 0.3) is 11.1 Å². The minimum Gasteiger partial charge on any atom is -0.396 e. The summed E-state index contributed by atoms with van der Waals surface area (Å²) >= 11 is 1.60. The zero-order valence-corrected chi connectivity index (χ0v) is 14.0. The fourth-order valence-corrected chi connectivity index (χ4v) is 3.78. The Labute approximate surface area is 140 Å². The number of hydrogen-bond donors (Lipinski definition) is 1. The number of ether oxygens (including phenoxy) is 1. The zero-order chi connectivity index (χ0) is 16.2. The SMILES string of the molecule is Cc1scc(C(=O)N2CCOCC(CO)C2)c1-c1ccccc1. The average Bonchev–Trinajstić information content (AvgIpc) is 2.82. The number of amides is 1. The van der Waals surface area contributed by atoms with Crippen molar-refractivity contribution >= 4 is 17.2 Å². The molecule has 4 nitrogen and oxygen atoms in total. The molecule has 0 saturated carbocycles. The van der Waals surface area contributed by atoms with E-state index in [0.29, 0.717) is 26.3 Å². The van der Waals surface area contributed by atoms with Gasteiger partial charge in [0.1, 0.15) is 0 Å². The predicted octanol–water partition coefficient (Wildman–Crippen LogP) is 2.80. The molecule has 5 heteroatoms. The van der Waals surface area contributed by atoms with E-state index in [1.807, 2.05) is 47.5 Å². The number of hydrogen-bond acceptors (Lipinski definition) is 4. The minimum absolute atomic E-state index is 0.0126. The molecule has 1 N–H and O–H groups in total. The monoisotopic (exact) mass is 331 g/mol. The molecule has 0 aliphatic carbocycles. The topological polar surface area (TPSA) is 49.8 Å². The van der Waals surface area contributed by atoms with Crippen molar-refractivity contribution in [2.45, 2.75) is 6.92 Å². The number of benzene rings is 1. The summed E-state index contributed by atoms with van der Waals surface area (Å²) in [5, 5.41) is 11.4. The van der Waals surface area contributed by atoms with Crippen LogP contribution in [-0.4, -0.2) is 48.8 Å². The van der Waals surface area contributed by atoms with E-state index in [-0.39, 0.29) is 18.4 Å². The number of nitrogens with zero attached hydrogens (tertiary/aromatic N) is 1. The highest BCUT2D eigenvalue weighted by Gasteiger charge is 2.26. The van der Waals surface area contributed by atoms with E-state index in [1.165, 1.54) is 0 Å². The van der Waals surface area contributed by atoms with Gasteiger partial charge in [0.25, 0.3) is 5.91 Å². The van der Waals surface area contributed by atoms with Crippen molar-refractivity contribution in [2.24, 2.45) is 5.92 Å². The molecule has 0 radical (unpaired) electrons.